The zero-order valence-corrected chi connectivity index (χ0v) is 8.52. The van der Waals surface area contributed by atoms with E-state index in [4.69, 9.17) is 5.73 Å². The van der Waals surface area contributed by atoms with Crippen LogP contribution in [-0.2, 0) is 0 Å². The van der Waals surface area contributed by atoms with Gasteiger partial charge in [0.15, 0.2) is 6.29 Å². The van der Waals surface area contributed by atoms with Crippen molar-refractivity contribution >= 4 is 34.6 Å². The number of rotatable bonds is 2. The number of thioether (sulfide) groups is 1. The van der Waals surface area contributed by atoms with Gasteiger partial charge in [0.1, 0.15) is 0 Å². The molecule has 0 radical (unpaired) electrons. The zero-order chi connectivity index (χ0) is 10.1. The number of nitrogens with two attached hydrogens (primary N) is 1. The average molecular weight is 206 g/mol. The molecule has 0 aliphatic carbocycles. The van der Waals surface area contributed by atoms with E-state index >= 15 is 0 Å². The Morgan fingerprint density at radius 1 is 1.50 bits per heavy atom. The molecule has 0 amide bonds. The quantitative estimate of drug-likeness (QED) is 0.450. The number of nitrogens with one attached hydrogen (secondary N) is 1. The second-order valence-electron chi connectivity index (χ2n) is 2.96. The van der Waals surface area contributed by atoms with Gasteiger partial charge in [0, 0.05) is 21.5 Å². The summed E-state index contributed by atoms with van der Waals surface area (Å²) in [7, 11) is 0. The topological polar surface area (TPSA) is 58.9 Å². The van der Waals surface area contributed by atoms with Crippen molar-refractivity contribution in [2.75, 3.05) is 12.0 Å². The molecule has 0 atom stereocenters. The number of nitrogen functional groups attached to an aromatic ring is 1. The van der Waals surface area contributed by atoms with Crippen LogP contribution in [0, 0.1) is 0 Å². The molecule has 0 saturated heterocycles. The van der Waals surface area contributed by atoms with E-state index < -0.39 is 0 Å². The summed E-state index contributed by atoms with van der Waals surface area (Å²) >= 11 is 1.53. The number of benzene rings is 1. The lowest BCUT2D eigenvalue weighted by atomic mass is 10.2. The van der Waals surface area contributed by atoms with Crippen molar-refractivity contribution in [3.05, 3.63) is 23.9 Å². The lowest BCUT2D eigenvalue weighted by Crippen LogP contribution is -1.85. The van der Waals surface area contributed by atoms with Gasteiger partial charge in [0.25, 0.3) is 0 Å². The zero-order valence-electron chi connectivity index (χ0n) is 7.70. The van der Waals surface area contributed by atoms with Crippen molar-refractivity contribution in [2.24, 2.45) is 0 Å². The highest BCUT2D eigenvalue weighted by Gasteiger charge is 2.11. The molecule has 0 spiro atoms. The first-order valence-corrected chi connectivity index (χ1v) is 5.39. The average Bonchev–Trinajstić information content (AvgIpc) is 2.56. The first-order chi connectivity index (χ1) is 6.77. The first-order valence-electron chi connectivity index (χ1n) is 4.17. The van der Waals surface area contributed by atoms with Crippen molar-refractivity contribution in [2.45, 2.75) is 4.90 Å². The molecule has 1 aromatic heterocycles. The van der Waals surface area contributed by atoms with Gasteiger partial charge >= 0.3 is 0 Å². The standard InChI is InChI=1S/C10H10N2OS/c1-14-10-8(5-13)12-7-4-2-3-6(11)9(7)10/h2-5,12H,11H2,1H3. The predicted octanol–water partition coefficient (Wildman–Crippen LogP) is 2.28. The van der Waals surface area contributed by atoms with E-state index in [0.717, 1.165) is 22.1 Å². The molecular weight excluding hydrogens is 196 g/mol. The van der Waals surface area contributed by atoms with Crippen LogP contribution < -0.4 is 5.73 Å². The summed E-state index contributed by atoms with van der Waals surface area (Å²) in [6, 6.07) is 5.62. The number of hydrogen-bond donors (Lipinski definition) is 2. The van der Waals surface area contributed by atoms with Gasteiger partial charge in [-0.25, -0.2) is 0 Å². The summed E-state index contributed by atoms with van der Waals surface area (Å²) < 4.78 is 0. The molecule has 0 aliphatic rings. The second-order valence-corrected chi connectivity index (χ2v) is 3.78. The molecule has 0 unspecified atom stereocenters. The van der Waals surface area contributed by atoms with E-state index in [-0.39, 0.29) is 0 Å². The fourth-order valence-corrected chi connectivity index (χ4v) is 2.31. The van der Waals surface area contributed by atoms with Crippen LogP contribution in [-0.4, -0.2) is 17.5 Å². The minimum absolute atomic E-state index is 0.602. The van der Waals surface area contributed by atoms with E-state index in [1.54, 1.807) is 0 Å². The van der Waals surface area contributed by atoms with Crippen molar-refractivity contribution in [1.82, 2.24) is 4.98 Å². The van der Waals surface area contributed by atoms with Crippen LogP contribution in [0.25, 0.3) is 10.9 Å². The van der Waals surface area contributed by atoms with E-state index in [1.165, 1.54) is 11.8 Å². The van der Waals surface area contributed by atoms with Gasteiger partial charge in [-0.1, -0.05) is 6.07 Å². The van der Waals surface area contributed by atoms with E-state index in [9.17, 15) is 4.79 Å². The number of aromatic nitrogens is 1. The largest absolute Gasteiger partial charge is 0.398 e. The number of aromatic amines is 1. The molecule has 0 aliphatic heterocycles. The molecular formula is C10H10N2OS. The van der Waals surface area contributed by atoms with Crippen LogP contribution in [0.2, 0.25) is 0 Å². The first kappa shape index (κ1) is 9.15. The van der Waals surface area contributed by atoms with Crippen LogP contribution in [0.5, 0.6) is 0 Å². The number of carbonyl (C=O) groups is 1. The van der Waals surface area contributed by atoms with Gasteiger partial charge in [-0.15, -0.1) is 11.8 Å². The molecule has 4 heteroatoms. The highest BCUT2D eigenvalue weighted by molar-refractivity contribution is 7.99. The van der Waals surface area contributed by atoms with Crippen molar-refractivity contribution in [3.63, 3.8) is 0 Å². The summed E-state index contributed by atoms with van der Waals surface area (Å²) in [4.78, 5) is 14.7. The Kier molecular flexibility index (Phi) is 2.21. The minimum Gasteiger partial charge on any atom is -0.398 e. The number of anilines is 1. The van der Waals surface area contributed by atoms with Gasteiger partial charge in [-0.05, 0) is 18.4 Å². The van der Waals surface area contributed by atoms with E-state index in [2.05, 4.69) is 4.98 Å². The summed E-state index contributed by atoms with van der Waals surface area (Å²) in [5.74, 6) is 0. The molecule has 1 aromatic carbocycles. The maximum Gasteiger partial charge on any atom is 0.167 e. The van der Waals surface area contributed by atoms with E-state index in [1.807, 2.05) is 24.5 Å². The number of fused-ring (bicyclic) bond motifs is 1. The highest BCUT2D eigenvalue weighted by atomic mass is 32.2. The Morgan fingerprint density at radius 3 is 2.93 bits per heavy atom. The van der Waals surface area contributed by atoms with Crippen molar-refractivity contribution < 1.29 is 4.79 Å². The van der Waals surface area contributed by atoms with Crippen LogP contribution in [0.1, 0.15) is 10.5 Å². The van der Waals surface area contributed by atoms with Gasteiger partial charge in [0.2, 0.25) is 0 Å². The second kappa shape index (κ2) is 3.38. The Labute approximate surface area is 85.7 Å². The molecule has 2 aromatic rings. The monoisotopic (exact) mass is 206 g/mol. The van der Waals surface area contributed by atoms with Crippen LogP contribution in [0.15, 0.2) is 23.1 Å². The Hall–Kier alpha value is -1.42. The lowest BCUT2D eigenvalue weighted by molar-refractivity contribution is 0.111. The molecule has 0 bridgehead atoms. The molecule has 2 rings (SSSR count). The molecule has 3 nitrogen and oxygen atoms in total. The van der Waals surface area contributed by atoms with Gasteiger partial charge < -0.3 is 10.7 Å². The van der Waals surface area contributed by atoms with Gasteiger partial charge in [-0.3, -0.25) is 4.79 Å². The fourth-order valence-electron chi connectivity index (χ4n) is 1.56. The summed E-state index contributed by atoms with van der Waals surface area (Å²) in [5.41, 5.74) is 8.07. The summed E-state index contributed by atoms with van der Waals surface area (Å²) in [5, 5.41) is 0.946. The lowest BCUT2D eigenvalue weighted by Gasteiger charge is -1.98. The van der Waals surface area contributed by atoms with E-state index in [0.29, 0.717) is 11.4 Å². The SMILES string of the molecule is CSc1c(C=O)[nH]c2cccc(N)c12. The summed E-state index contributed by atoms with van der Waals surface area (Å²) in [6.07, 6.45) is 2.76. The molecule has 14 heavy (non-hydrogen) atoms. The van der Waals surface area contributed by atoms with Crippen molar-refractivity contribution in [1.29, 1.82) is 0 Å². The van der Waals surface area contributed by atoms with Crippen LogP contribution >= 0.6 is 11.8 Å². The predicted molar refractivity (Wildman–Crippen MR) is 59.9 cm³/mol. The highest BCUT2D eigenvalue weighted by Crippen LogP contribution is 2.33. The third kappa shape index (κ3) is 1.19. The smallest absolute Gasteiger partial charge is 0.167 e. The Bertz CT molecular complexity index is 490. The maximum absolute atomic E-state index is 10.8. The normalized spacial score (nSPS) is 10.6. The Morgan fingerprint density at radius 2 is 2.29 bits per heavy atom. The van der Waals surface area contributed by atoms with Gasteiger partial charge in [-0.2, -0.15) is 0 Å². The van der Waals surface area contributed by atoms with Crippen LogP contribution in [0.3, 0.4) is 0 Å². The fraction of sp³-hybridized carbons (Fsp3) is 0.100. The summed E-state index contributed by atoms with van der Waals surface area (Å²) in [6.45, 7) is 0. The third-order valence-electron chi connectivity index (χ3n) is 2.16. The third-order valence-corrected chi connectivity index (χ3v) is 2.99. The molecule has 0 saturated carbocycles. The maximum atomic E-state index is 10.8. The Balaban J connectivity index is 2.88. The van der Waals surface area contributed by atoms with Crippen LogP contribution in [0.4, 0.5) is 5.69 Å². The molecule has 1 heterocycles. The molecule has 3 N–H and O–H groups in total. The van der Waals surface area contributed by atoms with Crippen molar-refractivity contribution in [3.8, 4) is 0 Å². The number of hydrogen-bond acceptors (Lipinski definition) is 3. The minimum atomic E-state index is 0.602. The number of aldehydes is 1. The molecule has 0 fully saturated rings. The van der Waals surface area contributed by atoms with Gasteiger partial charge in [0.05, 0.1) is 5.69 Å². The molecule has 72 valence electrons. The number of H-pyrrole nitrogens is 1. The number of carbonyl (C=O) groups excluding carboxylic acids is 1.